The van der Waals surface area contributed by atoms with Gasteiger partial charge in [-0.1, -0.05) is 271 Å². The molecule has 59 heavy (non-hydrogen) atoms. The quantitative estimate of drug-likeness (QED) is 0.0360. The summed E-state index contributed by atoms with van der Waals surface area (Å²) in [4.78, 5) is 23.3. The Labute approximate surface area is 369 Å². The second kappa shape index (κ2) is 53.0. The summed E-state index contributed by atoms with van der Waals surface area (Å²) < 4.78 is 10.1. The van der Waals surface area contributed by atoms with Gasteiger partial charge in [-0.15, -0.1) is 0 Å². The maximum Gasteiger partial charge on any atom is 0.308 e. The number of hydrogen-bond acceptors (Lipinski definition) is 6. The summed E-state index contributed by atoms with van der Waals surface area (Å²) in [5.41, 5.74) is 0. The molecule has 0 aromatic heterocycles. The van der Waals surface area contributed by atoms with E-state index in [9.17, 15) is 14.7 Å². The molecule has 0 aromatic carbocycles. The number of unbranched alkanes of at least 4 members (excludes halogenated alkanes) is 39. The largest absolute Gasteiger partial charge is 0.466 e. The molecule has 0 fully saturated rings. The minimum atomic E-state index is -1.40. The average molecular weight is 839 g/mol. The number of ether oxygens (including phenoxy) is 2. The van der Waals surface area contributed by atoms with Gasteiger partial charge in [-0.3, -0.25) is 9.59 Å². The van der Waals surface area contributed by atoms with Gasteiger partial charge in [-0.2, -0.15) is 0 Å². The summed E-state index contributed by atoms with van der Waals surface area (Å²) >= 11 is 0. The van der Waals surface area contributed by atoms with Crippen molar-refractivity contribution in [1.82, 2.24) is 0 Å². The lowest BCUT2D eigenvalue weighted by atomic mass is 10.0. The predicted octanol–water partition coefficient (Wildman–Crippen LogP) is 17.0. The first-order valence-electron chi connectivity index (χ1n) is 26.6. The Balaban J connectivity index is 0. The van der Waals surface area contributed by atoms with Crippen LogP contribution in [0.2, 0.25) is 0 Å². The monoisotopic (exact) mass is 839 g/mol. The van der Waals surface area contributed by atoms with Crippen molar-refractivity contribution in [3.63, 3.8) is 0 Å². The molecular formula is C53H106O6. The molecule has 0 aromatic rings. The molecule has 0 bridgehead atoms. The van der Waals surface area contributed by atoms with E-state index in [1.807, 2.05) is 0 Å². The third-order valence-electron chi connectivity index (χ3n) is 11.9. The zero-order chi connectivity index (χ0) is 43.5. The summed E-state index contributed by atoms with van der Waals surface area (Å²) in [5, 5.41) is 18.3. The van der Waals surface area contributed by atoms with E-state index in [0.717, 1.165) is 32.1 Å². The average Bonchev–Trinajstić information content (AvgIpc) is 3.22. The number of carbonyl (C=O) groups excluding carboxylic acids is 2. The van der Waals surface area contributed by atoms with Gasteiger partial charge < -0.3 is 19.7 Å². The van der Waals surface area contributed by atoms with Crippen LogP contribution in [0.1, 0.15) is 310 Å². The number of rotatable bonds is 47. The predicted molar refractivity (Wildman–Crippen MR) is 255 cm³/mol. The van der Waals surface area contributed by atoms with Gasteiger partial charge in [0.1, 0.15) is 6.10 Å². The second-order valence-electron chi connectivity index (χ2n) is 18.1. The molecule has 2 N–H and O–H groups in total. The lowest BCUT2D eigenvalue weighted by Crippen LogP contribution is -2.28. The standard InChI is InChI=1S/C32H64O2.C21H42O4/c1-3-5-7-9-11-13-15-17-19-21-23-25-27-29-31-34-32(33)30-28-26-24-22-20-18-16-14-12-10-8-6-4-2;1-3-4-5-6-7-8-9-10-11-12-13-14-15-16-17-18-20(23)25-21(24)19(2)22/h3-31H2,1-2H3;19,21-22,24H,3-18H2,1-2H3. The van der Waals surface area contributed by atoms with Crippen LogP contribution in [0.15, 0.2) is 0 Å². The van der Waals surface area contributed by atoms with Crippen LogP contribution in [-0.4, -0.2) is 41.2 Å². The fourth-order valence-corrected chi connectivity index (χ4v) is 7.77. The third-order valence-corrected chi connectivity index (χ3v) is 11.9. The molecule has 0 radical (unpaired) electrons. The molecule has 354 valence electrons. The zero-order valence-corrected chi connectivity index (χ0v) is 40.5. The minimum absolute atomic E-state index is 0.0257. The van der Waals surface area contributed by atoms with Gasteiger partial charge >= 0.3 is 11.9 Å². The molecule has 6 nitrogen and oxygen atoms in total. The normalized spacial score (nSPS) is 12.2. The number of aliphatic hydroxyl groups excluding tert-OH is 2. The first kappa shape index (κ1) is 60.0. The Hall–Kier alpha value is -1.14. The van der Waals surface area contributed by atoms with Gasteiger partial charge in [0.2, 0.25) is 6.29 Å². The van der Waals surface area contributed by atoms with Gasteiger partial charge in [0.25, 0.3) is 0 Å². The van der Waals surface area contributed by atoms with E-state index in [2.05, 4.69) is 20.8 Å². The van der Waals surface area contributed by atoms with Gasteiger partial charge in [-0.25, -0.2) is 0 Å². The molecule has 0 amide bonds. The van der Waals surface area contributed by atoms with Crippen molar-refractivity contribution >= 4 is 11.9 Å². The molecule has 2 atom stereocenters. The van der Waals surface area contributed by atoms with E-state index in [0.29, 0.717) is 19.4 Å². The molecular weight excluding hydrogens is 733 g/mol. The van der Waals surface area contributed by atoms with Crippen LogP contribution in [-0.2, 0) is 19.1 Å². The van der Waals surface area contributed by atoms with Crippen molar-refractivity contribution in [1.29, 1.82) is 0 Å². The van der Waals surface area contributed by atoms with Gasteiger partial charge in [0, 0.05) is 12.8 Å². The molecule has 0 aliphatic rings. The smallest absolute Gasteiger partial charge is 0.308 e. The molecule has 0 aliphatic heterocycles. The summed E-state index contributed by atoms with van der Waals surface area (Å²) in [6, 6.07) is 0. The van der Waals surface area contributed by atoms with Crippen molar-refractivity contribution in [2.45, 2.75) is 323 Å². The molecule has 0 spiro atoms. The molecule has 0 rings (SSSR count). The van der Waals surface area contributed by atoms with Crippen LogP contribution in [0.3, 0.4) is 0 Å². The number of hydrogen-bond donors (Lipinski definition) is 2. The lowest BCUT2D eigenvalue weighted by Gasteiger charge is -2.14. The van der Waals surface area contributed by atoms with E-state index < -0.39 is 18.4 Å². The van der Waals surface area contributed by atoms with E-state index >= 15 is 0 Å². The highest BCUT2D eigenvalue weighted by molar-refractivity contribution is 5.69. The second-order valence-corrected chi connectivity index (χ2v) is 18.1. The Morgan fingerprint density at radius 1 is 0.339 bits per heavy atom. The third kappa shape index (κ3) is 54.8. The Kier molecular flexibility index (Phi) is 53.9. The van der Waals surface area contributed by atoms with E-state index in [1.165, 1.54) is 244 Å². The fraction of sp³-hybridized carbons (Fsp3) is 0.962. The minimum Gasteiger partial charge on any atom is -0.466 e. The highest BCUT2D eigenvalue weighted by Crippen LogP contribution is 2.16. The first-order chi connectivity index (χ1) is 28.9. The van der Waals surface area contributed by atoms with Crippen LogP contribution >= 0.6 is 0 Å². The maximum absolute atomic E-state index is 11.9. The summed E-state index contributed by atoms with van der Waals surface area (Å²) in [7, 11) is 0. The lowest BCUT2D eigenvalue weighted by molar-refractivity contribution is -0.184. The highest BCUT2D eigenvalue weighted by atomic mass is 16.6. The molecule has 0 saturated heterocycles. The van der Waals surface area contributed by atoms with Gasteiger partial charge in [0.05, 0.1) is 6.61 Å². The highest BCUT2D eigenvalue weighted by Gasteiger charge is 2.15. The first-order valence-corrected chi connectivity index (χ1v) is 26.6. The fourth-order valence-electron chi connectivity index (χ4n) is 7.77. The summed E-state index contributed by atoms with van der Waals surface area (Å²) in [5.74, 6) is -0.402. The molecule has 6 heteroatoms. The van der Waals surface area contributed by atoms with Crippen LogP contribution in [0.4, 0.5) is 0 Å². The van der Waals surface area contributed by atoms with E-state index in [-0.39, 0.29) is 5.97 Å². The molecule has 2 unspecified atom stereocenters. The van der Waals surface area contributed by atoms with E-state index in [1.54, 1.807) is 0 Å². The Morgan fingerprint density at radius 3 is 0.814 bits per heavy atom. The Bertz CT molecular complexity index is 801. The van der Waals surface area contributed by atoms with Crippen molar-refractivity contribution in [3.8, 4) is 0 Å². The van der Waals surface area contributed by atoms with Gasteiger partial charge in [0.15, 0.2) is 0 Å². The molecule has 0 heterocycles. The van der Waals surface area contributed by atoms with Crippen LogP contribution in [0.5, 0.6) is 0 Å². The van der Waals surface area contributed by atoms with Crippen LogP contribution in [0.25, 0.3) is 0 Å². The molecule has 0 saturated carbocycles. The van der Waals surface area contributed by atoms with Crippen LogP contribution in [0, 0.1) is 0 Å². The Morgan fingerprint density at radius 2 is 0.559 bits per heavy atom. The number of carbonyl (C=O) groups is 2. The van der Waals surface area contributed by atoms with Gasteiger partial charge in [-0.05, 0) is 26.2 Å². The topological polar surface area (TPSA) is 93.1 Å². The summed E-state index contributed by atoms with van der Waals surface area (Å²) in [6.45, 7) is 8.86. The summed E-state index contributed by atoms with van der Waals surface area (Å²) in [6.07, 6.45) is 54.4. The van der Waals surface area contributed by atoms with Crippen molar-refractivity contribution < 1.29 is 29.3 Å². The van der Waals surface area contributed by atoms with E-state index in [4.69, 9.17) is 14.6 Å². The maximum atomic E-state index is 11.9. The van der Waals surface area contributed by atoms with Crippen molar-refractivity contribution in [2.24, 2.45) is 0 Å². The molecule has 0 aliphatic carbocycles. The number of esters is 2. The SMILES string of the molecule is CCCCCCCCCCCCCCCCCC(=O)OC(O)C(C)O.CCCCCCCCCCCCCCCCOC(=O)CCCCCCCCCCCCCCC. The zero-order valence-electron chi connectivity index (χ0n) is 40.5. The number of aliphatic hydroxyl groups is 2. The van der Waals surface area contributed by atoms with Crippen LogP contribution < -0.4 is 0 Å². The van der Waals surface area contributed by atoms with Crippen molar-refractivity contribution in [3.05, 3.63) is 0 Å². The van der Waals surface area contributed by atoms with Crippen molar-refractivity contribution in [2.75, 3.05) is 6.61 Å².